The maximum Gasteiger partial charge on any atom is 0.245 e. The van der Waals surface area contributed by atoms with Crippen molar-refractivity contribution >= 4 is 17.7 Å². The number of rotatable bonds is 8. The predicted octanol–water partition coefficient (Wildman–Crippen LogP) is 2.11. The fourth-order valence-corrected chi connectivity index (χ4v) is 3.97. The highest BCUT2D eigenvalue weighted by atomic mass is 16.5. The van der Waals surface area contributed by atoms with E-state index in [1.54, 1.807) is 12.0 Å². The number of methoxy groups -OCH3 is 1. The van der Waals surface area contributed by atoms with Crippen LogP contribution < -0.4 is 15.4 Å². The van der Waals surface area contributed by atoms with E-state index in [2.05, 4.69) is 10.6 Å². The van der Waals surface area contributed by atoms with Crippen molar-refractivity contribution in [3.05, 3.63) is 65.7 Å². The number of nitrogens with one attached hydrogen (secondary N) is 2. The van der Waals surface area contributed by atoms with Crippen LogP contribution in [0.1, 0.15) is 30.4 Å². The van der Waals surface area contributed by atoms with Gasteiger partial charge in [-0.25, -0.2) is 0 Å². The van der Waals surface area contributed by atoms with Gasteiger partial charge in [0.05, 0.1) is 13.7 Å². The molecular formula is C27H35N3O5. The van der Waals surface area contributed by atoms with Gasteiger partial charge in [0, 0.05) is 45.5 Å². The zero-order valence-corrected chi connectivity index (χ0v) is 20.3. The fraction of sp³-hybridized carbons (Fsp3) is 0.444. The zero-order chi connectivity index (χ0) is 24.9. The molecule has 8 nitrogen and oxygen atoms in total. The second-order valence-electron chi connectivity index (χ2n) is 8.55. The van der Waals surface area contributed by atoms with Crippen LogP contribution in [-0.4, -0.2) is 68.6 Å². The number of nitrogens with zero attached hydrogens (tertiary/aromatic N) is 1. The molecule has 2 N–H and O–H groups in total. The maximum absolute atomic E-state index is 13.6. The molecular weight excluding hydrogens is 446 g/mol. The largest absolute Gasteiger partial charge is 0.497 e. The summed E-state index contributed by atoms with van der Waals surface area (Å²) in [5, 5.41) is 5.76. The lowest BCUT2D eigenvalue weighted by Gasteiger charge is -2.28. The van der Waals surface area contributed by atoms with Gasteiger partial charge in [0.25, 0.3) is 0 Å². The average Bonchev–Trinajstić information content (AvgIpc) is 2.93. The van der Waals surface area contributed by atoms with Gasteiger partial charge in [-0.15, -0.1) is 0 Å². The van der Waals surface area contributed by atoms with Crippen LogP contribution >= 0.6 is 0 Å². The van der Waals surface area contributed by atoms with E-state index in [1.807, 2.05) is 54.6 Å². The van der Waals surface area contributed by atoms with E-state index >= 15 is 0 Å². The summed E-state index contributed by atoms with van der Waals surface area (Å²) >= 11 is 0. The summed E-state index contributed by atoms with van der Waals surface area (Å²) in [5.74, 6) is 0.283. The number of aryl methyl sites for hydroxylation is 1. The summed E-state index contributed by atoms with van der Waals surface area (Å²) in [5.41, 5.74) is 1.98. The van der Waals surface area contributed by atoms with Crippen molar-refractivity contribution in [3.8, 4) is 5.75 Å². The Kier molecular flexibility index (Phi) is 10.6. The van der Waals surface area contributed by atoms with Crippen molar-refractivity contribution in [3.63, 3.8) is 0 Å². The van der Waals surface area contributed by atoms with Gasteiger partial charge in [0.15, 0.2) is 0 Å². The molecule has 1 fully saturated rings. The number of hydrogen-bond donors (Lipinski definition) is 2. The molecule has 0 radical (unpaired) electrons. The van der Waals surface area contributed by atoms with E-state index < -0.39 is 6.04 Å². The highest BCUT2D eigenvalue weighted by Gasteiger charge is 2.26. The van der Waals surface area contributed by atoms with Crippen molar-refractivity contribution < 1.29 is 23.9 Å². The number of carbonyl (C=O) groups is 3. The van der Waals surface area contributed by atoms with Gasteiger partial charge in [-0.2, -0.15) is 0 Å². The summed E-state index contributed by atoms with van der Waals surface area (Å²) in [6, 6.07) is 16.5. The molecule has 35 heavy (non-hydrogen) atoms. The third-order valence-corrected chi connectivity index (χ3v) is 5.92. The molecule has 1 aliphatic rings. The first kappa shape index (κ1) is 26.2. The molecule has 3 rings (SSSR count). The van der Waals surface area contributed by atoms with Gasteiger partial charge in [-0.3, -0.25) is 14.4 Å². The summed E-state index contributed by atoms with van der Waals surface area (Å²) in [6.45, 7) is 2.21. The van der Waals surface area contributed by atoms with Gasteiger partial charge >= 0.3 is 0 Å². The van der Waals surface area contributed by atoms with Crippen LogP contribution in [0.15, 0.2) is 54.6 Å². The fourth-order valence-electron chi connectivity index (χ4n) is 3.97. The number of amides is 3. The SMILES string of the molecule is COc1ccc(CCC(=O)NC(Cc2ccccc2)C(=O)N2CCCOCCNC(=O)CC2)cc1. The lowest BCUT2D eigenvalue weighted by molar-refractivity contribution is -0.137. The highest BCUT2D eigenvalue weighted by molar-refractivity contribution is 5.88. The second kappa shape index (κ2) is 14.1. The van der Waals surface area contributed by atoms with Crippen LogP contribution in [0.5, 0.6) is 5.75 Å². The number of carbonyl (C=O) groups excluding carboxylic acids is 3. The molecule has 1 atom stereocenters. The van der Waals surface area contributed by atoms with Crippen LogP contribution in [0.3, 0.4) is 0 Å². The van der Waals surface area contributed by atoms with Crippen LogP contribution in [0, 0.1) is 0 Å². The topological polar surface area (TPSA) is 97.0 Å². The van der Waals surface area contributed by atoms with Crippen molar-refractivity contribution in [1.82, 2.24) is 15.5 Å². The minimum absolute atomic E-state index is 0.114. The molecule has 1 saturated heterocycles. The van der Waals surface area contributed by atoms with E-state index in [4.69, 9.17) is 9.47 Å². The molecule has 188 valence electrons. The number of ether oxygens (including phenoxy) is 2. The van der Waals surface area contributed by atoms with Crippen LogP contribution in [0.2, 0.25) is 0 Å². The molecule has 1 heterocycles. The van der Waals surface area contributed by atoms with Crippen LogP contribution in [0.25, 0.3) is 0 Å². The normalized spacial score (nSPS) is 15.9. The molecule has 0 spiro atoms. The zero-order valence-electron chi connectivity index (χ0n) is 20.3. The molecule has 0 aliphatic carbocycles. The standard InChI is InChI=1S/C27H35N3O5/c1-34-23-11-8-21(9-12-23)10-13-26(32)29-24(20-22-6-3-2-4-7-22)27(33)30-16-5-18-35-19-15-28-25(31)14-17-30/h2-4,6-9,11-12,24H,5,10,13-20H2,1H3,(H,28,31)(H,29,32). The Morgan fingerprint density at radius 1 is 1.06 bits per heavy atom. The average molecular weight is 482 g/mol. The van der Waals surface area contributed by atoms with E-state index in [-0.39, 0.29) is 30.6 Å². The molecule has 1 unspecified atom stereocenters. The summed E-state index contributed by atoms with van der Waals surface area (Å²) < 4.78 is 10.7. The summed E-state index contributed by atoms with van der Waals surface area (Å²) in [6.07, 6.45) is 2.09. The highest BCUT2D eigenvalue weighted by Crippen LogP contribution is 2.13. The monoisotopic (exact) mass is 481 g/mol. The molecule has 0 bridgehead atoms. The van der Waals surface area contributed by atoms with E-state index in [0.717, 1.165) is 16.9 Å². The molecule has 3 amide bonds. The minimum atomic E-state index is -0.713. The quantitative estimate of drug-likeness (QED) is 0.602. The van der Waals surface area contributed by atoms with Crippen molar-refractivity contribution in [2.75, 3.05) is 40.0 Å². The Bertz CT molecular complexity index is 949. The third-order valence-electron chi connectivity index (χ3n) is 5.92. The molecule has 1 aliphatic heterocycles. The number of hydrogen-bond acceptors (Lipinski definition) is 5. The van der Waals surface area contributed by atoms with Gasteiger partial charge in [0.2, 0.25) is 17.7 Å². The molecule has 0 saturated carbocycles. The van der Waals surface area contributed by atoms with Crippen molar-refractivity contribution in [1.29, 1.82) is 0 Å². The van der Waals surface area contributed by atoms with Gasteiger partial charge < -0.3 is 25.0 Å². The van der Waals surface area contributed by atoms with Gasteiger partial charge in [0.1, 0.15) is 11.8 Å². The minimum Gasteiger partial charge on any atom is -0.497 e. The third kappa shape index (κ3) is 9.05. The first-order chi connectivity index (χ1) is 17.0. The summed E-state index contributed by atoms with van der Waals surface area (Å²) in [4.78, 5) is 40.2. The van der Waals surface area contributed by atoms with E-state index in [9.17, 15) is 14.4 Å². The van der Waals surface area contributed by atoms with Crippen LogP contribution in [-0.2, 0) is 32.0 Å². The molecule has 2 aromatic carbocycles. The summed E-state index contributed by atoms with van der Waals surface area (Å²) in [7, 11) is 1.61. The molecule has 8 heteroatoms. The predicted molar refractivity (Wildman–Crippen MR) is 133 cm³/mol. The molecule has 2 aromatic rings. The van der Waals surface area contributed by atoms with Gasteiger partial charge in [-0.05, 0) is 36.1 Å². The van der Waals surface area contributed by atoms with Gasteiger partial charge in [-0.1, -0.05) is 42.5 Å². The Morgan fingerprint density at radius 3 is 2.57 bits per heavy atom. The Hall–Kier alpha value is -3.39. The van der Waals surface area contributed by atoms with E-state index in [1.165, 1.54) is 0 Å². The Labute approximate surface area is 207 Å². The second-order valence-corrected chi connectivity index (χ2v) is 8.55. The first-order valence-corrected chi connectivity index (χ1v) is 12.1. The lowest BCUT2D eigenvalue weighted by atomic mass is 10.0. The Morgan fingerprint density at radius 2 is 1.83 bits per heavy atom. The lowest BCUT2D eigenvalue weighted by Crippen LogP contribution is -2.50. The van der Waals surface area contributed by atoms with Crippen molar-refractivity contribution in [2.24, 2.45) is 0 Å². The molecule has 0 aromatic heterocycles. The Balaban J connectivity index is 1.67. The van der Waals surface area contributed by atoms with Crippen molar-refractivity contribution in [2.45, 2.75) is 38.1 Å². The van der Waals surface area contributed by atoms with Crippen LogP contribution in [0.4, 0.5) is 0 Å². The smallest absolute Gasteiger partial charge is 0.245 e. The van der Waals surface area contributed by atoms with E-state index in [0.29, 0.717) is 52.1 Å². The first-order valence-electron chi connectivity index (χ1n) is 12.1. The number of benzene rings is 2. The maximum atomic E-state index is 13.6.